The minimum Gasteiger partial charge on any atom is -0.324 e. The van der Waals surface area contributed by atoms with E-state index in [0.29, 0.717) is 0 Å². The van der Waals surface area contributed by atoms with Crippen molar-refractivity contribution in [2.45, 2.75) is 45.1 Å². The van der Waals surface area contributed by atoms with E-state index >= 15 is 0 Å². The van der Waals surface area contributed by atoms with E-state index in [1.54, 1.807) is 0 Å². The molecule has 84 valence electrons. The zero-order valence-electron chi connectivity index (χ0n) is 9.38. The van der Waals surface area contributed by atoms with Gasteiger partial charge in [0.25, 0.3) is 0 Å². The van der Waals surface area contributed by atoms with E-state index in [4.69, 9.17) is 5.73 Å². The topological polar surface area (TPSA) is 26.0 Å². The maximum absolute atomic E-state index is 6.17. The first-order valence-corrected chi connectivity index (χ1v) is 6.83. The van der Waals surface area contributed by atoms with Crippen molar-refractivity contribution in [1.29, 1.82) is 0 Å². The molecule has 0 saturated carbocycles. The van der Waals surface area contributed by atoms with Crippen LogP contribution in [-0.2, 0) is 0 Å². The molecule has 15 heavy (non-hydrogen) atoms. The largest absolute Gasteiger partial charge is 0.324 e. The molecule has 0 radical (unpaired) electrons. The number of hydrogen-bond donors (Lipinski definition) is 1. The van der Waals surface area contributed by atoms with Gasteiger partial charge in [-0.05, 0) is 40.6 Å². The van der Waals surface area contributed by atoms with E-state index < -0.39 is 0 Å². The van der Waals surface area contributed by atoms with Crippen molar-refractivity contribution in [3.8, 4) is 0 Å². The van der Waals surface area contributed by atoms with Crippen LogP contribution < -0.4 is 5.73 Å². The average Bonchev–Trinajstić information content (AvgIpc) is 2.25. The van der Waals surface area contributed by atoms with Gasteiger partial charge in [-0.3, -0.25) is 0 Å². The minimum atomic E-state index is 0.218. The first kappa shape index (κ1) is 13.0. The summed E-state index contributed by atoms with van der Waals surface area (Å²) in [6, 6.07) is 8.63. The van der Waals surface area contributed by atoms with Gasteiger partial charge < -0.3 is 5.73 Å². The summed E-state index contributed by atoms with van der Waals surface area (Å²) >= 11 is 2.36. The molecule has 0 heterocycles. The van der Waals surface area contributed by atoms with E-state index in [1.165, 1.54) is 34.8 Å². The van der Waals surface area contributed by atoms with Gasteiger partial charge in [-0.25, -0.2) is 0 Å². The summed E-state index contributed by atoms with van der Waals surface area (Å²) in [5.41, 5.74) is 7.47. The molecule has 1 unspecified atom stereocenters. The van der Waals surface area contributed by atoms with Crippen LogP contribution >= 0.6 is 22.6 Å². The molecule has 0 fully saturated rings. The van der Waals surface area contributed by atoms with Crippen LogP contribution in [-0.4, -0.2) is 0 Å². The third-order valence-electron chi connectivity index (χ3n) is 2.67. The van der Waals surface area contributed by atoms with Crippen LogP contribution in [0.25, 0.3) is 0 Å². The molecule has 0 amide bonds. The van der Waals surface area contributed by atoms with Crippen molar-refractivity contribution < 1.29 is 0 Å². The predicted molar refractivity (Wildman–Crippen MR) is 74.8 cm³/mol. The van der Waals surface area contributed by atoms with Crippen molar-refractivity contribution >= 4 is 22.6 Å². The van der Waals surface area contributed by atoms with E-state index in [2.05, 4.69) is 53.8 Å². The Morgan fingerprint density at radius 2 is 1.93 bits per heavy atom. The van der Waals surface area contributed by atoms with Crippen molar-refractivity contribution in [3.63, 3.8) is 0 Å². The van der Waals surface area contributed by atoms with Gasteiger partial charge in [0.1, 0.15) is 0 Å². The van der Waals surface area contributed by atoms with Crippen LogP contribution in [0.3, 0.4) is 0 Å². The Labute approximate surface area is 107 Å². The zero-order valence-corrected chi connectivity index (χ0v) is 11.5. The van der Waals surface area contributed by atoms with Gasteiger partial charge in [-0.15, -0.1) is 0 Å². The number of unbranched alkanes of at least 4 members (excludes halogenated alkanes) is 3. The lowest BCUT2D eigenvalue weighted by molar-refractivity contribution is 0.565. The van der Waals surface area contributed by atoms with Gasteiger partial charge in [0, 0.05) is 9.61 Å². The van der Waals surface area contributed by atoms with Crippen LogP contribution in [0.1, 0.15) is 50.6 Å². The maximum atomic E-state index is 6.17. The second kappa shape index (κ2) is 7.23. The number of hydrogen-bond acceptors (Lipinski definition) is 1. The lowest BCUT2D eigenvalue weighted by atomic mass is 10.0. The van der Waals surface area contributed by atoms with E-state index in [0.717, 1.165) is 6.42 Å². The summed E-state index contributed by atoms with van der Waals surface area (Å²) in [4.78, 5) is 0. The molecule has 0 saturated heterocycles. The Hall–Kier alpha value is -0.0900. The predicted octanol–water partition coefficient (Wildman–Crippen LogP) is 4.26. The highest BCUT2D eigenvalue weighted by Crippen LogP contribution is 2.22. The number of rotatable bonds is 6. The second-order valence-electron chi connectivity index (χ2n) is 3.98. The maximum Gasteiger partial charge on any atom is 0.0305 e. The average molecular weight is 317 g/mol. The molecule has 1 aromatic carbocycles. The van der Waals surface area contributed by atoms with E-state index in [-0.39, 0.29) is 6.04 Å². The fourth-order valence-corrected chi connectivity index (χ4v) is 2.51. The van der Waals surface area contributed by atoms with Crippen LogP contribution in [0.2, 0.25) is 0 Å². The summed E-state index contributed by atoms with van der Waals surface area (Å²) in [6.07, 6.45) is 6.30. The lowest BCUT2D eigenvalue weighted by Crippen LogP contribution is -2.11. The van der Waals surface area contributed by atoms with Crippen molar-refractivity contribution in [2.75, 3.05) is 0 Å². The molecule has 0 aliphatic carbocycles. The third-order valence-corrected chi connectivity index (χ3v) is 3.66. The quantitative estimate of drug-likeness (QED) is 0.616. The Morgan fingerprint density at radius 1 is 1.20 bits per heavy atom. The summed E-state index contributed by atoms with van der Waals surface area (Å²) in [5, 5.41) is 0. The lowest BCUT2D eigenvalue weighted by Gasteiger charge is -2.13. The molecule has 1 atom stereocenters. The van der Waals surface area contributed by atoms with Crippen LogP contribution in [0.4, 0.5) is 0 Å². The van der Waals surface area contributed by atoms with Crippen molar-refractivity contribution in [2.24, 2.45) is 5.73 Å². The van der Waals surface area contributed by atoms with Crippen molar-refractivity contribution in [1.82, 2.24) is 0 Å². The fourth-order valence-electron chi connectivity index (χ4n) is 1.72. The first-order chi connectivity index (χ1) is 7.25. The molecule has 0 aliphatic heterocycles. The Bertz CT molecular complexity index is 286. The smallest absolute Gasteiger partial charge is 0.0305 e. The summed E-state index contributed by atoms with van der Waals surface area (Å²) in [5.74, 6) is 0. The molecule has 0 aromatic heterocycles. The Morgan fingerprint density at radius 3 is 2.60 bits per heavy atom. The van der Waals surface area contributed by atoms with Gasteiger partial charge in [0.15, 0.2) is 0 Å². The monoisotopic (exact) mass is 317 g/mol. The van der Waals surface area contributed by atoms with Crippen LogP contribution in [0.5, 0.6) is 0 Å². The number of benzene rings is 1. The summed E-state index contributed by atoms with van der Waals surface area (Å²) in [7, 11) is 0. The van der Waals surface area contributed by atoms with Gasteiger partial charge in [-0.1, -0.05) is 50.8 Å². The van der Waals surface area contributed by atoms with Gasteiger partial charge in [0.05, 0.1) is 0 Å². The van der Waals surface area contributed by atoms with E-state index in [1.807, 2.05) is 0 Å². The highest BCUT2D eigenvalue weighted by atomic mass is 127. The van der Waals surface area contributed by atoms with Crippen LogP contribution in [0.15, 0.2) is 24.3 Å². The third kappa shape index (κ3) is 4.51. The first-order valence-electron chi connectivity index (χ1n) is 5.75. The number of halogens is 1. The minimum absolute atomic E-state index is 0.218. The van der Waals surface area contributed by atoms with Gasteiger partial charge in [-0.2, -0.15) is 0 Å². The normalized spacial score (nSPS) is 12.7. The molecule has 2 heteroatoms. The molecule has 2 N–H and O–H groups in total. The molecule has 0 bridgehead atoms. The molecule has 0 aliphatic rings. The van der Waals surface area contributed by atoms with Crippen LogP contribution in [0, 0.1) is 3.57 Å². The fraction of sp³-hybridized carbons (Fsp3) is 0.538. The summed E-state index contributed by atoms with van der Waals surface area (Å²) < 4.78 is 1.29. The van der Waals surface area contributed by atoms with E-state index in [9.17, 15) is 0 Å². The Kier molecular flexibility index (Phi) is 6.25. The Balaban J connectivity index is 2.40. The second-order valence-corrected chi connectivity index (χ2v) is 5.14. The highest BCUT2D eigenvalue weighted by Gasteiger charge is 2.08. The molecule has 1 nitrogen and oxygen atoms in total. The molecule has 0 spiro atoms. The molecular weight excluding hydrogens is 297 g/mol. The SMILES string of the molecule is CCCCCCC(N)c1ccccc1I. The van der Waals surface area contributed by atoms with Gasteiger partial charge >= 0.3 is 0 Å². The zero-order chi connectivity index (χ0) is 11.1. The molecular formula is C13H20IN. The summed E-state index contributed by atoms with van der Waals surface area (Å²) in [6.45, 7) is 2.24. The van der Waals surface area contributed by atoms with Gasteiger partial charge in [0.2, 0.25) is 0 Å². The molecule has 1 rings (SSSR count). The standard InChI is InChI=1S/C13H20IN/c1-2-3-4-5-10-13(15)11-8-6-7-9-12(11)14/h6-9,13H,2-5,10,15H2,1H3. The molecule has 1 aromatic rings. The van der Waals surface area contributed by atoms with Crippen molar-refractivity contribution in [3.05, 3.63) is 33.4 Å². The number of nitrogens with two attached hydrogens (primary N) is 1. The highest BCUT2D eigenvalue weighted by molar-refractivity contribution is 14.1.